The summed E-state index contributed by atoms with van der Waals surface area (Å²) in [7, 11) is 0. The van der Waals surface area contributed by atoms with Crippen LogP contribution in [0.4, 0.5) is 10.2 Å². The van der Waals surface area contributed by atoms with Gasteiger partial charge in [0, 0.05) is 21.2 Å². The first-order valence-electron chi connectivity index (χ1n) is 6.51. The number of nitrogen functional groups attached to an aromatic ring is 1. The predicted molar refractivity (Wildman–Crippen MR) is 86.2 cm³/mol. The lowest BCUT2D eigenvalue weighted by molar-refractivity contribution is 0.0695. The van der Waals surface area contributed by atoms with Crippen molar-refractivity contribution in [2.45, 2.75) is 0 Å². The zero-order chi connectivity index (χ0) is 17.6. The molecule has 9 heteroatoms. The third-order valence-electron chi connectivity index (χ3n) is 3.51. The molecule has 0 saturated carbocycles. The number of aromatic amines is 1. The number of hydrogen-bond donors (Lipinski definition) is 4. The minimum Gasteiger partial charge on any atom is -0.478 e. The summed E-state index contributed by atoms with van der Waals surface area (Å²) >= 11 is 1.26. The van der Waals surface area contributed by atoms with E-state index in [0.29, 0.717) is 10.1 Å². The number of fused-ring (bicyclic) bond motifs is 1. The SMILES string of the molecule is Nc1[nH]c(=O)c(C(=O)O)c(-c2c(F)ccc3sccc23)c1C(=O)O. The van der Waals surface area contributed by atoms with Crippen LogP contribution in [0.3, 0.4) is 0 Å². The molecule has 0 unspecified atom stereocenters. The highest BCUT2D eigenvalue weighted by atomic mass is 32.1. The van der Waals surface area contributed by atoms with Crippen molar-refractivity contribution in [1.29, 1.82) is 0 Å². The first kappa shape index (κ1) is 15.7. The van der Waals surface area contributed by atoms with Gasteiger partial charge in [-0.3, -0.25) is 4.79 Å². The van der Waals surface area contributed by atoms with Gasteiger partial charge in [-0.15, -0.1) is 11.3 Å². The summed E-state index contributed by atoms with van der Waals surface area (Å²) in [5.74, 6) is -4.65. The Balaban J connectivity index is 2.61. The van der Waals surface area contributed by atoms with Crippen molar-refractivity contribution in [2.75, 3.05) is 5.73 Å². The van der Waals surface area contributed by atoms with Crippen molar-refractivity contribution in [3.8, 4) is 11.1 Å². The number of aromatic nitrogens is 1. The summed E-state index contributed by atoms with van der Waals surface area (Å²) in [5.41, 5.74) is 2.09. The summed E-state index contributed by atoms with van der Waals surface area (Å²) in [6, 6.07) is 4.09. The quantitative estimate of drug-likeness (QED) is 0.574. The molecule has 0 fully saturated rings. The van der Waals surface area contributed by atoms with Gasteiger partial charge in [0.05, 0.1) is 0 Å². The zero-order valence-corrected chi connectivity index (χ0v) is 12.6. The Kier molecular flexibility index (Phi) is 3.57. The molecule has 0 bridgehead atoms. The molecule has 7 nitrogen and oxygen atoms in total. The Bertz CT molecular complexity index is 1070. The average molecular weight is 348 g/mol. The molecule has 122 valence electrons. The molecule has 2 aromatic heterocycles. The number of halogens is 1. The molecule has 0 aliphatic heterocycles. The van der Waals surface area contributed by atoms with Crippen LogP contribution in [0.15, 0.2) is 28.4 Å². The second kappa shape index (κ2) is 5.46. The fourth-order valence-corrected chi connectivity index (χ4v) is 3.36. The van der Waals surface area contributed by atoms with E-state index in [1.165, 1.54) is 23.5 Å². The van der Waals surface area contributed by atoms with Crippen LogP contribution >= 0.6 is 11.3 Å². The molecule has 3 aromatic rings. The van der Waals surface area contributed by atoms with Gasteiger partial charge >= 0.3 is 11.9 Å². The van der Waals surface area contributed by atoms with Gasteiger partial charge in [0.2, 0.25) is 0 Å². The number of H-pyrrole nitrogens is 1. The molecule has 3 rings (SSSR count). The minimum absolute atomic E-state index is 0.277. The molecule has 0 aliphatic rings. The van der Waals surface area contributed by atoms with E-state index in [-0.39, 0.29) is 5.56 Å². The highest BCUT2D eigenvalue weighted by Gasteiger charge is 2.29. The predicted octanol–water partition coefficient (Wildman–Crippen LogP) is 2.37. The first-order chi connectivity index (χ1) is 11.3. The number of carbonyl (C=O) groups is 2. The van der Waals surface area contributed by atoms with E-state index in [2.05, 4.69) is 0 Å². The summed E-state index contributed by atoms with van der Waals surface area (Å²) in [6.07, 6.45) is 0. The fraction of sp³-hybridized carbons (Fsp3) is 0. The third kappa shape index (κ3) is 2.22. The number of nitrogens with two attached hydrogens (primary N) is 1. The lowest BCUT2D eigenvalue weighted by Crippen LogP contribution is -2.24. The Labute approximate surface area is 136 Å². The molecule has 5 N–H and O–H groups in total. The van der Waals surface area contributed by atoms with Crippen molar-refractivity contribution < 1.29 is 24.2 Å². The maximum atomic E-state index is 14.5. The summed E-state index contributed by atoms with van der Waals surface area (Å²) in [5, 5.41) is 20.7. The number of rotatable bonds is 3. The molecule has 1 aromatic carbocycles. The topological polar surface area (TPSA) is 133 Å². The molecule has 2 heterocycles. The van der Waals surface area contributed by atoms with Gasteiger partial charge < -0.3 is 20.9 Å². The van der Waals surface area contributed by atoms with E-state index in [4.69, 9.17) is 5.73 Å². The van der Waals surface area contributed by atoms with E-state index in [9.17, 15) is 29.0 Å². The summed E-state index contributed by atoms with van der Waals surface area (Å²) < 4.78 is 15.1. The molecule has 0 saturated heterocycles. The summed E-state index contributed by atoms with van der Waals surface area (Å²) in [6.45, 7) is 0. The fourth-order valence-electron chi connectivity index (χ4n) is 2.57. The Morgan fingerprint density at radius 1 is 1.08 bits per heavy atom. The molecule has 0 spiro atoms. The van der Waals surface area contributed by atoms with Gasteiger partial charge in [0.25, 0.3) is 5.56 Å². The molecule has 24 heavy (non-hydrogen) atoms. The van der Waals surface area contributed by atoms with Crippen molar-refractivity contribution >= 4 is 39.2 Å². The van der Waals surface area contributed by atoms with Crippen molar-refractivity contribution in [1.82, 2.24) is 4.98 Å². The van der Waals surface area contributed by atoms with Crippen molar-refractivity contribution in [3.05, 3.63) is 50.9 Å². The molecule has 0 amide bonds. The Morgan fingerprint density at radius 2 is 1.75 bits per heavy atom. The number of anilines is 1. The zero-order valence-electron chi connectivity index (χ0n) is 11.8. The molecular weight excluding hydrogens is 339 g/mol. The van der Waals surface area contributed by atoms with Gasteiger partial charge in [0.15, 0.2) is 0 Å². The standard InChI is InChI=1S/C15H9FN2O5S/c16-6-1-2-7-5(3-4-24-7)8(6)9-10(14(20)21)12(17)18-13(19)11(9)15(22)23/h1-4H,(H,20,21)(H,22,23)(H3,17,18,19). The normalized spacial score (nSPS) is 10.9. The van der Waals surface area contributed by atoms with Crippen LogP contribution in [0.1, 0.15) is 20.7 Å². The molecular formula is C15H9FN2O5S. The van der Waals surface area contributed by atoms with E-state index in [1.807, 2.05) is 4.98 Å². The molecule has 0 atom stereocenters. The molecule has 0 radical (unpaired) electrons. The van der Waals surface area contributed by atoms with Crippen LogP contribution in [0, 0.1) is 5.82 Å². The number of thiophene rings is 1. The van der Waals surface area contributed by atoms with Crippen LogP contribution in [0.5, 0.6) is 0 Å². The van der Waals surface area contributed by atoms with E-state index < -0.39 is 45.8 Å². The van der Waals surface area contributed by atoms with E-state index in [1.54, 1.807) is 5.38 Å². The van der Waals surface area contributed by atoms with E-state index in [0.717, 1.165) is 6.07 Å². The number of carboxylic acids is 2. The van der Waals surface area contributed by atoms with Gasteiger partial charge in [-0.25, -0.2) is 14.0 Å². The average Bonchev–Trinajstić information content (AvgIpc) is 2.93. The number of hydrogen-bond acceptors (Lipinski definition) is 5. The minimum atomic E-state index is -1.68. The number of benzene rings is 1. The Hall–Kier alpha value is -3.20. The monoisotopic (exact) mass is 348 g/mol. The molecule has 0 aliphatic carbocycles. The number of pyridine rings is 1. The first-order valence-corrected chi connectivity index (χ1v) is 7.39. The Morgan fingerprint density at radius 3 is 2.38 bits per heavy atom. The van der Waals surface area contributed by atoms with Crippen molar-refractivity contribution in [2.24, 2.45) is 0 Å². The number of aromatic carboxylic acids is 2. The smallest absolute Gasteiger partial charge is 0.342 e. The van der Waals surface area contributed by atoms with Gasteiger partial charge in [0.1, 0.15) is 22.8 Å². The van der Waals surface area contributed by atoms with Crippen LogP contribution < -0.4 is 11.3 Å². The van der Waals surface area contributed by atoms with Crippen molar-refractivity contribution in [3.63, 3.8) is 0 Å². The van der Waals surface area contributed by atoms with Crippen LogP contribution in [-0.2, 0) is 0 Å². The number of carboxylic acid groups (broad SMARTS) is 2. The van der Waals surface area contributed by atoms with Crippen LogP contribution in [0.2, 0.25) is 0 Å². The second-order valence-corrected chi connectivity index (χ2v) is 5.81. The van der Waals surface area contributed by atoms with Gasteiger partial charge in [-0.05, 0) is 23.6 Å². The lowest BCUT2D eigenvalue weighted by Gasteiger charge is -2.13. The highest BCUT2D eigenvalue weighted by Crippen LogP contribution is 2.38. The maximum Gasteiger partial charge on any atom is 0.342 e. The lowest BCUT2D eigenvalue weighted by atomic mass is 9.93. The second-order valence-electron chi connectivity index (χ2n) is 4.86. The largest absolute Gasteiger partial charge is 0.478 e. The van der Waals surface area contributed by atoms with Crippen LogP contribution in [-0.4, -0.2) is 27.1 Å². The maximum absolute atomic E-state index is 14.5. The van der Waals surface area contributed by atoms with Crippen LogP contribution in [0.25, 0.3) is 21.2 Å². The van der Waals surface area contributed by atoms with Gasteiger partial charge in [-0.1, -0.05) is 0 Å². The summed E-state index contributed by atoms with van der Waals surface area (Å²) in [4.78, 5) is 37.1. The van der Waals surface area contributed by atoms with E-state index >= 15 is 0 Å². The number of nitrogens with one attached hydrogen (secondary N) is 1. The van der Waals surface area contributed by atoms with Gasteiger partial charge in [-0.2, -0.15) is 0 Å². The highest BCUT2D eigenvalue weighted by molar-refractivity contribution is 7.17. The third-order valence-corrected chi connectivity index (χ3v) is 4.39.